The number of hydrogen-bond acceptors (Lipinski definition) is 7. The van der Waals surface area contributed by atoms with Gasteiger partial charge in [-0.25, -0.2) is 13.8 Å². The zero-order valence-electron chi connectivity index (χ0n) is 19.2. The van der Waals surface area contributed by atoms with E-state index in [1.165, 1.54) is 27.8 Å². The molecule has 2 aliphatic heterocycles. The van der Waals surface area contributed by atoms with Crippen molar-refractivity contribution in [1.29, 1.82) is 0 Å². The van der Waals surface area contributed by atoms with Crippen molar-refractivity contribution in [2.75, 3.05) is 37.9 Å². The van der Waals surface area contributed by atoms with Gasteiger partial charge < -0.3 is 15.2 Å². The first-order valence-electron chi connectivity index (χ1n) is 11.8. The summed E-state index contributed by atoms with van der Waals surface area (Å²) in [6, 6.07) is 13.8. The molecule has 3 aromatic rings. The first-order chi connectivity index (χ1) is 17.1. The van der Waals surface area contributed by atoms with Crippen LogP contribution in [0.1, 0.15) is 18.4 Å². The summed E-state index contributed by atoms with van der Waals surface area (Å²) in [5, 5.41) is 21.7. The maximum absolute atomic E-state index is 13.7. The van der Waals surface area contributed by atoms with Crippen LogP contribution in [0.3, 0.4) is 0 Å². The molecule has 35 heavy (non-hydrogen) atoms. The van der Waals surface area contributed by atoms with Crippen molar-refractivity contribution in [1.82, 2.24) is 10.3 Å². The van der Waals surface area contributed by atoms with E-state index in [1.54, 1.807) is 11.3 Å². The number of nitrogens with zero attached hydrogens (tertiary/aromatic N) is 3. The number of nitrogens with one attached hydrogen (secondary N) is 1. The monoisotopic (exact) mass is 498 g/mol. The Morgan fingerprint density at radius 2 is 1.94 bits per heavy atom. The molecule has 1 aromatic heterocycles. The summed E-state index contributed by atoms with van der Waals surface area (Å²) in [7, 11) is 0. The zero-order chi connectivity index (χ0) is 24.2. The number of aliphatic imine (C=N–C) groups is 1. The Morgan fingerprint density at radius 3 is 2.71 bits per heavy atom. The third-order valence-electron chi connectivity index (χ3n) is 6.34. The minimum absolute atomic E-state index is 0.0636. The van der Waals surface area contributed by atoms with Crippen molar-refractivity contribution in [3.05, 3.63) is 71.1 Å². The van der Waals surface area contributed by atoms with Gasteiger partial charge in [-0.1, -0.05) is 30.3 Å². The highest BCUT2D eigenvalue weighted by molar-refractivity contribution is 7.15. The van der Waals surface area contributed by atoms with Crippen LogP contribution in [0.5, 0.6) is 5.75 Å². The Kier molecular flexibility index (Phi) is 7.38. The predicted octanol–water partition coefficient (Wildman–Crippen LogP) is 4.30. The lowest BCUT2D eigenvalue weighted by Gasteiger charge is -2.41. The van der Waals surface area contributed by atoms with Crippen molar-refractivity contribution in [2.45, 2.75) is 25.0 Å². The average Bonchev–Trinajstić information content (AvgIpc) is 3.32. The summed E-state index contributed by atoms with van der Waals surface area (Å²) < 4.78 is 32.0. The van der Waals surface area contributed by atoms with Crippen LogP contribution < -0.4 is 15.1 Å². The van der Waals surface area contributed by atoms with E-state index in [4.69, 9.17) is 4.74 Å². The SMILES string of the molecule is OC(CNC1CCN(N2CN=Cc3c(-c4ccccc4)csc32)CC1)COc1ccc(F)cc1F. The number of hydrogen-bond donors (Lipinski definition) is 2. The minimum atomic E-state index is -0.793. The summed E-state index contributed by atoms with van der Waals surface area (Å²) in [5.41, 5.74) is 3.59. The number of hydrazine groups is 1. The second-order valence-corrected chi connectivity index (χ2v) is 9.62. The second-order valence-electron chi connectivity index (χ2n) is 8.76. The van der Waals surface area contributed by atoms with Crippen molar-refractivity contribution in [2.24, 2.45) is 4.99 Å². The Bertz CT molecular complexity index is 1170. The number of fused-ring (bicyclic) bond motifs is 1. The lowest BCUT2D eigenvalue weighted by molar-refractivity contribution is 0.0956. The summed E-state index contributed by atoms with van der Waals surface area (Å²) >= 11 is 1.75. The van der Waals surface area contributed by atoms with E-state index in [9.17, 15) is 13.9 Å². The van der Waals surface area contributed by atoms with Gasteiger partial charge in [0, 0.05) is 54.5 Å². The van der Waals surface area contributed by atoms with Crippen molar-refractivity contribution < 1.29 is 18.6 Å². The molecule has 2 N–H and O–H groups in total. The predicted molar refractivity (Wildman–Crippen MR) is 135 cm³/mol. The van der Waals surface area contributed by atoms with Gasteiger partial charge in [0.25, 0.3) is 0 Å². The topological polar surface area (TPSA) is 60.3 Å². The van der Waals surface area contributed by atoms with E-state index in [0.29, 0.717) is 13.2 Å². The molecule has 0 spiro atoms. The molecule has 0 saturated carbocycles. The van der Waals surface area contributed by atoms with Gasteiger partial charge in [-0.2, -0.15) is 0 Å². The number of aliphatic hydroxyl groups excluding tert-OH is 1. The standard InChI is InChI=1S/C26H28F2N4O2S/c27-19-6-7-25(24(28)12-19)34-15-21(33)13-30-20-8-10-31(11-9-20)32-17-29-14-22-23(16-35-26(22)32)18-4-2-1-3-5-18/h1-7,12,14,16,20-21,30,33H,8-11,13,15,17H2. The van der Waals surface area contributed by atoms with Crippen LogP contribution in [0.2, 0.25) is 0 Å². The minimum Gasteiger partial charge on any atom is -0.488 e. The largest absolute Gasteiger partial charge is 0.488 e. The van der Waals surface area contributed by atoms with Gasteiger partial charge in [0.1, 0.15) is 30.2 Å². The molecule has 0 amide bonds. The second kappa shape index (κ2) is 10.8. The third kappa shape index (κ3) is 5.54. The number of halogens is 2. The number of benzene rings is 2. The van der Waals surface area contributed by atoms with Crippen LogP contribution in [-0.2, 0) is 0 Å². The van der Waals surface area contributed by atoms with Gasteiger partial charge in [0.15, 0.2) is 11.6 Å². The Balaban J connectivity index is 1.10. The van der Waals surface area contributed by atoms with Crippen molar-refractivity contribution in [3.8, 4) is 16.9 Å². The van der Waals surface area contributed by atoms with Gasteiger partial charge >= 0.3 is 0 Å². The van der Waals surface area contributed by atoms with Crippen LogP contribution >= 0.6 is 11.3 Å². The Labute approximate surface area is 207 Å². The lowest BCUT2D eigenvalue weighted by Crippen LogP contribution is -2.52. The third-order valence-corrected chi connectivity index (χ3v) is 7.35. The molecule has 0 bridgehead atoms. The van der Waals surface area contributed by atoms with Crippen LogP contribution in [0.15, 0.2) is 58.9 Å². The molecular weight excluding hydrogens is 470 g/mol. The van der Waals surface area contributed by atoms with E-state index in [0.717, 1.165) is 38.1 Å². The average molecular weight is 499 g/mol. The molecule has 9 heteroatoms. The maximum Gasteiger partial charge on any atom is 0.167 e. The molecule has 184 valence electrons. The van der Waals surface area contributed by atoms with Gasteiger partial charge in [-0.15, -0.1) is 11.3 Å². The Hall–Kier alpha value is -2.85. The van der Waals surface area contributed by atoms with E-state index < -0.39 is 17.7 Å². The molecule has 2 aliphatic rings. The smallest absolute Gasteiger partial charge is 0.167 e. The molecule has 2 aromatic carbocycles. The molecule has 6 nitrogen and oxygen atoms in total. The molecule has 0 radical (unpaired) electrons. The molecule has 1 fully saturated rings. The highest BCUT2D eigenvalue weighted by atomic mass is 32.1. The van der Waals surface area contributed by atoms with Gasteiger partial charge in [-0.05, 0) is 30.5 Å². The van der Waals surface area contributed by atoms with Crippen LogP contribution in [-0.4, -0.2) is 61.4 Å². The van der Waals surface area contributed by atoms with Gasteiger partial charge in [-0.3, -0.25) is 10.0 Å². The van der Waals surface area contributed by atoms with Crippen LogP contribution in [0.25, 0.3) is 11.1 Å². The number of aliphatic hydroxyl groups is 1. The molecule has 5 rings (SSSR count). The highest BCUT2D eigenvalue weighted by Crippen LogP contribution is 2.39. The number of anilines is 1. The molecule has 1 unspecified atom stereocenters. The van der Waals surface area contributed by atoms with Crippen molar-refractivity contribution in [3.63, 3.8) is 0 Å². The molecular formula is C26H28F2N4O2S. The normalized spacial score (nSPS) is 17.4. The summed E-state index contributed by atoms with van der Waals surface area (Å²) in [6.07, 6.45) is 3.07. The molecule has 1 saturated heterocycles. The molecule has 0 aliphatic carbocycles. The number of thiophene rings is 1. The van der Waals surface area contributed by atoms with E-state index in [1.807, 2.05) is 12.3 Å². The van der Waals surface area contributed by atoms with Gasteiger partial charge in [0.2, 0.25) is 0 Å². The first-order valence-corrected chi connectivity index (χ1v) is 12.6. The van der Waals surface area contributed by atoms with Gasteiger partial charge in [0.05, 0.1) is 0 Å². The fraction of sp³-hybridized carbons (Fsp3) is 0.346. The molecule has 1 atom stereocenters. The Morgan fingerprint density at radius 1 is 1.14 bits per heavy atom. The van der Waals surface area contributed by atoms with E-state index >= 15 is 0 Å². The van der Waals surface area contributed by atoms with E-state index in [-0.39, 0.29) is 18.4 Å². The fourth-order valence-corrected chi connectivity index (χ4v) is 5.54. The summed E-state index contributed by atoms with van der Waals surface area (Å²) in [5.74, 6) is -1.50. The number of rotatable bonds is 8. The number of piperidine rings is 1. The number of ether oxygens (including phenoxy) is 1. The first kappa shape index (κ1) is 23.9. The lowest BCUT2D eigenvalue weighted by atomic mass is 10.0. The highest BCUT2D eigenvalue weighted by Gasteiger charge is 2.28. The zero-order valence-corrected chi connectivity index (χ0v) is 20.1. The molecule has 3 heterocycles. The van der Waals surface area contributed by atoms with Crippen molar-refractivity contribution >= 4 is 22.6 Å². The summed E-state index contributed by atoms with van der Waals surface area (Å²) in [4.78, 5) is 4.62. The van der Waals surface area contributed by atoms with Crippen LogP contribution in [0.4, 0.5) is 13.8 Å². The summed E-state index contributed by atoms with van der Waals surface area (Å²) in [6.45, 7) is 2.68. The van der Waals surface area contributed by atoms with E-state index in [2.05, 4.69) is 50.0 Å². The quantitative estimate of drug-likeness (QED) is 0.485. The van der Waals surface area contributed by atoms with Crippen LogP contribution in [0, 0.1) is 11.6 Å². The fourth-order valence-electron chi connectivity index (χ4n) is 4.47. The maximum atomic E-state index is 13.7.